The molecule has 130 valence electrons. The van der Waals surface area contributed by atoms with Gasteiger partial charge in [-0.05, 0) is 6.92 Å². The number of rotatable bonds is 5. The second kappa shape index (κ2) is 7.94. The van der Waals surface area contributed by atoms with E-state index >= 15 is 0 Å². The molecule has 0 aliphatic rings. The smallest absolute Gasteiger partial charge is 0.316 e. The summed E-state index contributed by atoms with van der Waals surface area (Å²) in [6.07, 6.45) is -19.4. The minimum absolute atomic E-state index is 0.149. The number of hydrogen-bond acceptors (Lipinski definition) is 2. The summed E-state index contributed by atoms with van der Waals surface area (Å²) in [5.41, 5.74) is 0. The highest BCUT2D eigenvalue weighted by Crippen LogP contribution is 2.43. The summed E-state index contributed by atoms with van der Waals surface area (Å²) >= 11 is -0.149. The highest BCUT2D eigenvalue weighted by atomic mass is 127. The predicted molar refractivity (Wildman–Crippen MR) is 53.6 cm³/mol. The van der Waals surface area contributed by atoms with Crippen molar-refractivity contribution in [1.82, 2.24) is 0 Å². The molecule has 0 N–H and O–H groups in total. The SMILES string of the molecule is CCOC(F)(F)C(F)F.FC(F)(F)OC(F)(F)C(F)(F)I. The van der Waals surface area contributed by atoms with Gasteiger partial charge in [0.1, 0.15) is 0 Å². The van der Waals surface area contributed by atoms with Crippen LogP contribution in [-0.2, 0) is 9.47 Å². The molecule has 0 saturated heterocycles. The maximum atomic E-state index is 11.7. The molecule has 0 heterocycles. The Bertz CT molecular complexity index is 298. The van der Waals surface area contributed by atoms with Gasteiger partial charge < -0.3 is 4.74 Å². The van der Waals surface area contributed by atoms with Crippen LogP contribution in [0.15, 0.2) is 0 Å². The third kappa shape index (κ3) is 10.3. The Morgan fingerprint density at radius 2 is 1.29 bits per heavy atom. The first-order chi connectivity index (χ1) is 8.96. The summed E-state index contributed by atoms with van der Waals surface area (Å²) in [6.45, 7) is 0.799. The van der Waals surface area contributed by atoms with Crippen LogP contribution in [-0.4, -0.2) is 35.5 Å². The van der Waals surface area contributed by atoms with Gasteiger partial charge in [0.2, 0.25) is 0 Å². The molecule has 0 aromatic rings. The molecule has 0 aliphatic heterocycles. The van der Waals surface area contributed by atoms with Crippen LogP contribution in [0.3, 0.4) is 0 Å². The summed E-state index contributed by atoms with van der Waals surface area (Å²) in [7, 11) is 0. The van der Waals surface area contributed by atoms with Crippen molar-refractivity contribution in [2.45, 2.75) is 35.9 Å². The third-order valence-electron chi connectivity index (χ3n) is 1.16. The Morgan fingerprint density at radius 1 is 0.905 bits per heavy atom. The zero-order valence-electron chi connectivity index (χ0n) is 9.64. The van der Waals surface area contributed by atoms with E-state index in [-0.39, 0.29) is 22.6 Å². The van der Waals surface area contributed by atoms with E-state index in [2.05, 4.69) is 4.74 Å². The molecule has 14 heteroatoms. The Kier molecular flexibility index (Phi) is 8.75. The zero-order valence-corrected chi connectivity index (χ0v) is 11.8. The van der Waals surface area contributed by atoms with Crippen LogP contribution in [0.1, 0.15) is 6.92 Å². The van der Waals surface area contributed by atoms with Gasteiger partial charge in [-0.15, -0.1) is 13.2 Å². The van der Waals surface area contributed by atoms with Gasteiger partial charge in [-0.1, -0.05) is 0 Å². The van der Waals surface area contributed by atoms with E-state index in [0.29, 0.717) is 0 Å². The summed E-state index contributed by atoms with van der Waals surface area (Å²) in [6, 6.07) is 0. The molecule has 0 aromatic heterocycles. The molecule has 2 nitrogen and oxygen atoms in total. The van der Waals surface area contributed by atoms with Crippen molar-refractivity contribution in [3.05, 3.63) is 0 Å². The van der Waals surface area contributed by atoms with Crippen molar-refractivity contribution in [2.75, 3.05) is 6.61 Å². The van der Waals surface area contributed by atoms with Crippen molar-refractivity contribution < 1.29 is 57.8 Å². The molecule has 0 radical (unpaired) electrons. The lowest BCUT2D eigenvalue weighted by molar-refractivity contribution is -0.449. The Labute approximate surface area is 123 Å². The summed E-state index contributed by atoms with van der Waals surface area (Å²) in [5, 5.41) is 0. The summed E-state index contributed by atoms with van der Waals surface area (Å²) in [4.78, 5) is 0. The Morgan fingerprint density at radius 3 is 1.38 bits per heavy atom. The van der Waals surface area contributed by atoms with E-state index < -0.39 is 35.5 Å². The molecule has 0 fully saturated rings. The molecule has 0 aliphatic carbocycles. The van der Waals surface area contributed by atoms with Gasteiger partial charge in [0, 0.05) is 22.6 Å². The number of hydrogen-bond donors (Lipinski definition) is 0. The molecule has 0 amide bonds. The molecule has 0 saturated carbocycles. The normalized spacial score (nSPS) is 14.0. The third-order valence-corrected chi connectivity index (χ3v) is 1.79. The summed E-state index contributed by atoms with van der Waals surface area (Å²) < 4.78 is 126. The Hall–Kier alpha value is -0.120. The maximum Gasteiger partial charge on any atom is 0.527 e. The lowest BCUT2D eigenvalue weighted by Crippen LogP contribution is -2.41. The molecule has 0 bridgehead atoms. The van der Waals surface area contributed by atoms with Crippen LogP contribution in [0.5, 0.6) is 0 Å². The second-order valence-corrected chi connectivity index (χ2v) is 4.21. The first-order valence-electron chi connectivity index (χ1n) is 4.47. The molecule has 0 rings (SSSR count). The molecule has 21 heavy (non-hydrogen) atoms. The van der Waals surface area contributed by atoms with E-state index in [1.807, 2.05) is 4.74 Å². The fraction of sp³-hybridized carbons (Fsp3) is 1.00. The van der Waals surface area contributed by atoms with Crippen molar-refractivity contribution in [3.8, 4) is 0 Å². The van der Waals surface area contributed by atoms with Gasteiger partial charge >= 0.3 is 28.9 Å². The quantitative estimate of drug-likeness (QED) is 0.327. The molecule has 0 spiro atoms. The fourth-order valence-electron chi connectivity index (χ4n) is 0.459. The highest BCUT2D eigenvalue weighted by molar-refractivity contribution is 14.1. The van der Waals surface area contributed by atoms with E-state index in [4.69, 9.17) is 0 Å². The monoisotopic (exact) mass is 458 g/mol. The topological polar surface area (TPSA) is 18.5 Å². The van der Waals surface area contributed by atoms with Gasteiger partial charge in [-0.3, -0.25) is 0 Å². The maximum absolute atomic E-state index is 11.7. The summed E-state index contributed by atoms with van der Waals surface area (Å²) in [5.74, 6) is 0. The molecule has 0 unspecified atom stereocenters. The van der Waals surface area contributed by atoms with E-state index in [9.17, 15) is 48.3 Å². The fourth-order valence-corrected chi connectivity index (χ4v) is 0.569. The van der Waals surface area contributed by atoms with Gasteiger partial charge in [-0.25, -0.2) is 13.5 Å². The van der Waals surface area contributed by atoms with Crippen molar-refractivity contribution in [2.24, 2.45) is 0 Å². The van der Waals surface area contributed by atoms with Crippen LogP contribution in [0.2, 0.25) is 0 Å². The van der Waals surface area contributed by atoms with Crippen molar-refractivity contribution >= 4 is 22.6 Å². The number of halogens is 12. The van der Waals surface area contributed by atoms with Crippen molar-refractivity contribution in [3.63, 3.8) is 0 Å². The molecule has 0 aromatic carbocycles. The largest absolute Gasteiger partial charge is 0.527 e. The van der Waals surface area contributed by atoms with Gasteiger partial charge in [0.05, 0.1) is 6.61 Å². The standard InChI is InChI=1S/C4H6F4O.C3F7IO/c1-2-9-4(7,8)3(5)6;4-1(5,11)2(6,7)12-3(8,9)10/h3H,2H2,1H3;. The predicted octanol–water partition coefficient (Wildman–Crippen LogP) is 5.02. The van der Waals surface area contributed by atoms with Crippen LogP contribution in [0, 0.1) is 0 Å². The molecule has 0 atom stereocenters. The second-order valence-electron chi connectivity index (χ2n) is 2.86. The van der Waals surface area contributed by atoms with Gasteiger partial charge in [0.25, 0.3) is 0 Å². The number of alkyl halides is 12. The first kappa shape index (κ1) is 23.2. The minimum atomic E-state index is -5.79. The molecular weight excluding hydrogens is 452 g/mol. The number of ether oxygens (including phenoxy) is 2. The molecular formula is C7H6F11IO2. The zero-order chi connectivity index (χ0) is 17.7. The van der Waals surface area contributed by atoms with Crippen molar-refractivity contribution in [1.29, 1.82) is 0 Å². The highest BCUT2D eigenvalue weighted by Gasteiger charge is 2.61. The van der Waals surface area contributed by atoms with Crippen LogP contribution >= 0.6 is 22.6 Å². The first-order valence-corrected chi connectivity index (χ1v) is 5.55. The minimum Gasteiger partial charge on any atom is -0.316 e. The van der Waals surface area contributed by atoms with E-state index in [1.54, 1.807) is 0 Å². The Balaban J connectivity index is 0. The lowest BCUT2D eigenvalue weighted by atomic mass is 10.6. The van der Waals surface area contributed by atoms with E-state index in [0.717, 1.165) is 0 Å². The van der Waals surface area contributed by atoms with Crippen LogP contribution in [0.4, 0.5) is 48.3 Å². The lowest BCUT2D eigenvalue weighted by Gasteiger charge is -2.21. The van der Waals surface area contributed by atoms with E-state index in [1.165, 1.54) is 6.92 Å². The van der Waals surface area contributed by atoms with Crippen LogP contribution in [0.25, 0.3) is 0 Å². The van der Waals surface area contributed by atoms with Gasteiger partial charge in [0.15, 0.2) is 0 Å². The van der Waals surface area contributed by atoms with Gasteiger partial charge in [-0.2, -0.15) is 26.3 Å². The van der Waals surface area contributed by atoms with Crippen LogP contribution < -0.4 is 0 Å². The average Bonchev–Trinajstić information content (AvgIpc) is 2.12. The average molecular weight is 458 g/mol.